The van der Waals surface area contributed by atoms with Gasteiger partial charge in [0.05, 0.1) is 31.0 Å². The first-order chi connectivity index (χ1) is 8.46. The Labute approximate surface area is 117 Å². The summed E-state index contributed by atoms with van der Waals surface area (Å²) >= 11 is 3.54. The standard InChI is InChI=1S/C13H23BrO4/c1-8-10(6-14)12(15-4)11(17-8)5-9-7-16-13(2,3)18-9/h8-12H,5-7H2,1-4H3/t8-,9-,10-,11+,12+/m0/s1. The van der Waals surface area contributed by atoms with E-state index >= 15 is 0 Å². The molecule has 0 bridgehead atoms. The van der Waals surface area contributed by atoms with Crippen LogP contribution in [0.2, 0.25) is 0 Å². The minimum Gasteiger partial charge on any atom is -0.378 e. The van der Waals surface area contributed by atoms with E-state index in [4.69, 9.17) is 18.9 Å². The highest BCUT2D eigenvalue weighted by molar-refractivity contribution is 9.09. The largest absolute Gasteiger partial charge is 0.378 e. The van der Waals surface area contributed by atoms with Crippen LogP contribution in [0.15, 0.2) is 0 Å². The first kappa shape index (κ1) is 14.7. The van der Waals surface area contributed by atoms with Gasteiger partial charge in [0.25, 0.3) is 0 Å². The van der Waals surface area contributed by atoms with Gasteiger partial charge in [0.1, 0.15) is 0 Å². The highest BCUT2D eigenvalue weighted by atomic mass is 79.9. The van der Waals surface area contributed by atoms with Gasteiger partial charge in [0.15, 0.2) is 5.79 Å². The van der Waals surface area contributed by atoms with Crippen LogP contribution in [0, 0.1) is 5.92 Å². The first-order valence-corrected chi connectivity index (χ1v) is 7.65. The van der Waals surface area contributed by atoms with Gasteiger partial charge >= 0.3 is 0 Å². The van der Waals surface area contributed by atoms with Crippen LogP contribution in [-0.4, -0.2) is 49.2 Å². The second kappa shape index (κ2) is 5.75. The van der Waals surface area contributed by atoms with E-state index in [0.717, 1.165) is 11.8 Å². The fourth-order valence-electron chi connectivity index (χ4n) is 2.86. The molecule has 2 aliphatic rings. The fourth-order valence-corrected chi connectivity index (χ4v) is 3.76. The number of alkyl halides is 1. The molecule has 2 fully saturated rings. The van der Waals surface area contributed by atoms with Crippen LogP contribution in [0.5, 0.6) is 0 Å². The van der Waals surface area contributed by atoms with Crippen molar-refractivity contribution in [2.75, 3.05) is 19.0 Å². The molecule has 0 unspecified atom stereocenters. The van der Waals surface area contributed by atoms with Crippen LogP contribution >= 0.6 is 15.9 Å². The van der Waals surface area contributed by atoms with Crippen molar-refractivity contribution >= 4 is 15.9 Å². The Morgan fingerprint density at radius 1 is 1.39 bits per heavy atom. The minimum atomic E-state index is -0.466. The summed E-state index contributed by atoms with van der Waals surface area (Å²) in [6.45, 7) is 6.63. The molecule has 2 rings (SSSR count). The number of ether oxygens (including phenoxy) is 4. The van der Waals surface area contributed by atoms with E-state index in [-0.39, 0.29) is 24.4 Å². The molecule has 0 spiro atoms. The lowest BCUT2D eigenvalue weighted by atomic mass is 9.96. The molecule has 5 atom stereocenters. The van der Waals surface area contributed by atoms with Crippen molar-refractivity contribution in [1.29, 1.82) is 0 Å². The lowest BCUT2D eigenvalue weighted by molar-refractivity contribution is -0.144. The van der Waals surface area contributed by atoms with Gasteiger partial charge < -0.3 is 18.9 Å². The fraction of sp³-hybridized carbons (Fsp3) is 1.00. The molecule has 0 amide bonds. The van der Waals surface area contributed by atoms with Gasteiger partial charge in [0.2, 0.25) is 0 Å². The average molecular weight is 323 g/mol. The third-order valence-corrected chi connectivity index (χ3v) is 4.54. The van der Waals surface area contributed by atoms with Crippen molar-refractivity contribution in [3.05, 3.63) is 0 Å². The van der Waals surface area contributed by atoms with Gasteiger partial charge in [-0.2, -0.15) is 0 Å². The van der Waals surface area contributed by atoms with E-state index in [9.17, 15) is 0 Å². The maximum atomic E-state index is 6.01. The predicted molar refractivity (Wildman–Crippen MR) is 71.9 cm³/mol. The van der Waals surface area contributed by atoms with E-state index < -0.39 is 5.79 Å². The van der Waals surface area contributed by atoms with Crippen LogP contribution in [0.25, 0.3) is 0 Å². The molecule has 0 saturated carbocycles. The second-order valence-corrected chi connectivity index (χ2v) is 6.23. The second-order valence-electron chi connectivity index (χ2n) is 5.58. The van der Waals surface area contributed by atoms with E-state index in [1.54, 1.807) is 7.11 Å². The van der Waals surface area contributed by atoms with Crippen LogP contribution in [0.4, 0.5) is 0 Å². The maximum absolute atomic E-state index is 6.01. The maximum Gasteiger partial charge on any atom is 0.163 e. The smallest absolute Gasteiger partial charge is 0.163 e. The van der Waals surface area contributed by atoms with Crippen molar-refractivity contribution < 1.29 is 18.9 Å². The highest BCUT2D eigenvalue weighted by Gasteiger charge is 2.44. The topological polar surface area (TPSA) is 36.9 Å². The minimum absolute atomic E-state index is 0.0926. The predicted octanol–water partition coefficient (Wildman–Crippen LogP) is 2.34. The van der Waals surface area contributed by atoms with Crippen molar-refractivity contribution in [3.8, 4) is 0 Å². The summed E-state index contributed by atoms with van der Waals surface area (Å²) in [7, 11) is 1.75. The molecule has 0 aromatic rings. The molecule has 18 heavy (non-hydrogen) atoms. The molecule has 0 aromatic heterocycles. The molecule has 0 radical (unpaired) electrons. The first-order valence-electron chi connectivity index (χ1n) is 6.53. The SMILES string of the molecule is CO[C@@H]1[C@@H](CBr)[C@H](C)O[C@@H]1C[C@H]1COC(C)(C)O1. The summed E-state index contributed by atoms with van der Waals surface area (Å²) in [5, 5.41) is 0.899. The molecule has 5 heteroatoms. The van der Waals surface area contributed by atoms with E-state index in [2.05, 4.69) is 22.9 Å². The Morgan fingerprint density at radius 3 is 2.61 bits per heavy atom. The van der Waals surface area contributed by atoms with Crippen molar-refractivity contribution in [3.63, 3.8) is 0 Å². The summed E-state index contributed by atoms with van der Waals surface area (Å²) in [6, 6.07) is 0. The molecule has 4 nitrogen and oxygen atoms in total. The quantitative estimate of drug-likeness (QED) is 0.744. The molecule has 0 aromatic carbocycles. The Morgan fingerprint density at radius 2 is 2.11 bits per heavy atom. The van der Waals surface area contributed by atoms with Gasteiger partial charge in [0, 0.05) is 24.8 Å². The summed E-state index contributed by atoms with van der Waals surface area (Å²) in [5.41, 5.74) is 0. The zero-order valence-corrected chi connectivity index (χ0v) is 13.1. The number of methoxy groups -OCH3 is 1. The third kappa shape index (κ3) is 3.07. The molecular weight excluding hydrogens is 300 g/mol. The molecule has 2 aliphatic heterocycles. The lowest BCUT2D eigenvalue weighted by Gasteiger charge is -2.23. The Hall–Kier alpha value is 0.320. The number of hydrogen-bond acceptors (Lipinski definition) is 4. The molecule has 106 valence electrons. The monoisotopic (exact) mass is 322 g/mol. The summed E-state index contributed by atoms with van der Waals surface area (Å²) < 4.78 is 23.0. The molecule has 2 heterocycles. The van der Waals surface area contributed by atoms with Gasteiger partial charge in [-0.1, -0.05) is 15.9 Å². The number of rotatable bonds is 4. The molecule has 0 aliphatic carbocycles. The Bertz CT molecular complexity index is 284. The number of halogens is 1. The van der Waals surface area contributed by atoms with E-state index in [1.165, 1.54) is 0 Å². The van der Waals surface area contributed by atoms with Crippen molar-refractivity contribution in [2.24, 2.45) is 5.92 Å². The third-order valence-electron chi connectivity index (χ3n) is 3.79. The zero-order chi connectivity index (χ0) is 13.3. The van der Waals surface area contributed by atoms with Crippen LogP contribution in [0.3, 0.4) is 0 Å². The Balaban J connectivity index is 1.93. The van der Waals surface area contributed by atoms with E-state index in [1.807, 2.05) is 13.8 Å². The van der Waals surface area contributed by atoms with Gasteiger partial charge in [-0.25, -0.2) is 0 Å². The summed E-state index contributed by atoms with van der Waals surface area (Å²) in [6.07, 6.45) is 1.37. The highest BCUT2D eigenvalue weighted by Crippen LogP contribution is 2.35. The van der Waals surface area contributed by atoms with Gasteiger partial charge in [-0.05, 0) is 20.8 Å². The lowest BCUT2D eigenvalue weighted by Crippen LogP contribution is -2.33. The van der Waals surface area contributed by atoms with Gasteiger partial charge in [-0.3, -0.25) is 0 Å². The Kier molecular flexibility index (Phi) is 4.70. The molecule has 2 saturated heterocycles. The summed E-state index contributed by atoms with van der Waals surface area (Å²) in [4.78, 5) is 0. The van der Waals surface area contributed by atoms with Crippen LogP contribution in [0.1, 0.15) is 27.2 Å². The van der Waals surface area contributed by atoms with Crippen LogP contribution < -0.4 is 0 Å². The zero-order valence-electron chi connectivity index (χ0n) is 11.5. The summed E-state index contributed by atoms with van der Waals surface area (Å²) in [5.74, 6) is -0.0675. The van der Waals surface area contributed by atoms with E-state index in [0.29, 0.717) is 12.5 Å². The van der Waals surface area contributed by atoms with Gasteiger partial charge in [-0.15, -0.1) is 0 Å². The number of hydrogen-bond donors (Lipinski definition) is 0. The average Bonchev–Trinajstić information content (AvgIpc) is 2.78. The van der Waals surface area contributed by atoms with Crippen LogP contribution in [-0.2, 0) is 18.9 Å². The molecular formula is C13H23BrO4. The molecule has 0 N–H and O–H groups in total. The van der Waals surface area contributed by atoms with Crippen molar-refractivity contribution in [1.82, 2.24) is 0 Å². The van der Waals surface area contributed by atoms with Crippen molar-refractivity contribution in [2.45, 2.75) is 57.4 Å². The normalized spacial score (nSPS) is 43.5.